The molecule has 0 radical (unpaired) electrons. The van der Waals surface area contributed by atoms with E-state index in [0.717, 1.165) is 0 Å². The molecular formula is C18H24N4O8. The number of carboxylic acids is 2. The number of carboxylic acid groups (broad SMARTS) is 2. The molecule has 12 heteroatoms. The Labute approximate surface area is 171 Å². The normalized spacial score (nSPS) is 13.5. The van der Waals surface area contributed by atoms with Crippen molar-refractivity contribution in [2.75, 3.05) is 0 Å². The quantitative estimate of drug-likeness (QED) is 0.198. The first-order valence-corrected chi connectivity index (χ1v) is 8.86. The van der Waals surface area contributed by atoms with Gasteiger partial charge in [0.15, 0.2) is 0 Å². The molecule has 0 aliphatic rings. The van der Waals surface area contributed by atoms with Crippen molar-refractivity contribution in [1.82, 2.24) is 10.6 Å². The van der Waals surface area contributed by atoms with E-state index >= 15 is 0 Å². The Morgan fingerprint density at radius 3 is 2.00 bits per heavy atom. The number of carbonyl (C=O) groups is 5. The van der Waals surface area contributed by atoms with Crippen molar-refractivity contribution >= 4 is 29.7 Å². The number of nitrogens with one attached hydrogen (secondary N) is 2. The third kappa shape index (κ3) is 8.56. The summed E-state index contributed by atoms with van der Waals surface area (Å²) in [7, 11) is 0. The molecule has 1 rings (SSSR count). The second kappa shape index (κ2) is 11.4. The van der Waals surface area contributed by atoms with Crippen molar-refractivity contribution in [2.24, 2.45) is 11.5 Å². The summed E-state index contributed by atoms with van der Waals surface area (Å²) in [5.74, 6) is -5.48. The first-order valence-electron chi connectivity index (χ1n) is 8.86. The van der Waals surface area contributed by atoms with E-state index in [1.807, 2.05) is 5.32 Å². The van der Waals surface area contributed by atoms with Gasteiger partial charge in [0.25, 0.3) is 0 Å². The Morgan fingerprint density at radius 2 is 1.50 bits per heavy atom. The van der Waals surface area contributed by atoms with Gasteiger partial charge in [0.05, 0.1) is 12.5 Å². The van der Waals surface area contributed by atoms with Crippen molar-refractivity contribution in [2.45, 2.75) is 43.8 Å². The van der Waals surface area contributed by atoms with Gasteiger partial charge in [0, 0.05) is 6.42 Å². The first kappa shape index (κ1) is 24.4. The monoisotopic (exact) mass is 424 g/mol. The van der Waals surface area contributed by atoms with Gasteiger partial charge in [-0.3, -0.25) is 19.2 Å². The van der Waals surface area contributed by atoms with Crippen molar-refractivity contribution in [1.29, 1.82) is 0 Å². The van der Waals surface area contributed by atoms with Crippen LogP contribution in [-0.2, 0) is 30.4 Å². The molecule has 0 aromatic heterocycles. The molecule has 0 bridgehead atoms. The summed E-state index contributed by atoms with van der Waals surface area (Å²) >= 11 is 0. The lowest BCUT2D eigenvalue weighted by Crippen LogP contribution is -2.55. The van der Waals surface area contributed by atoms with Crippen LogP contribution in [0, 0.1) is 0 Å². The molecule has 9 N–H and O–H groups in total. The summed E-state index contributed by atoms with van der Waals surface area (Å²) in [6, 6.07) is 1.77. The van der Waals surface area contributed by atoms with E-state index in [1.54, 1.807) is 12.1 Å². The minimum atomic E-state index is -1.73. The number of aliphatic carboxylic acids is 2. The van der Waals surface area contributed by atoms with Crippen molar-refractivity contribution in [3.05, 3.63) is 29.8 Å². The number of phenolic OH excluding ortho intramolecular Hbond substituents is 1. The third-order valence-electron chi connectivity index (χ3n) is 4.03. The van der Waals surface area contributed by atoms with Gasteiger partial charge in [-0.25, -0.2) is 4.79 Å². The van der Waals surface area contributed by atoms with Crippen LogP contribution in [0.4, 0.5) is 0 Å². The Bertz CT molecular complexity index is 796. The number of primary amides is 1. The molecule has 3 amide bonds. The third-order valence-corrected chi connectivity index (χ3v) is 4.03. The van der Waals surface area contributed by atoms with Crippen LogP contribution in [0.5, 0.6) is 5.75 Å². The fourth-order valence-electron chi connectivity index (χ4n) is 2.46. The number of benzene rings is 1. The lowest BCUT2D eigenvalue weighted by molar-refractivity contribution is -0.147. The maximum Gasteiger partial charge on any atom is 0.326 e. The lowest BCUT2D eigenvalue weighted by Gasteiger charge is -2.22. The summed E-state index contributed by atoms with van der Waals surface area (Å²) in [5, 5.41) is 31.4. The van der Waals surface area contributed by atoms with Gasteiger partial charge in [0.2, 0.25) is 17.7 Å². The number of rotatable bonds is 12. The second-order valence-corrected chi connectivity index (χ2v) is 6.54. The maximum atomic E-state index is 12.4. The molecule has 12 nitrogen and oxygen atoms in total. The van der Waals surface area contributed by atoms with Gasteiger partial charge < -0.3 is 37.4 Å². The van der Waals surface area contributed by atoms with Crippen molar-refractivity contribution in [3.8, 4) is 5.75 Å². The molecule has 0 spiro atoms. The van der Waals surface area contributed by atoms with E-state index in [-0.39, 0.29) is 25.0 Å². The minimum Gasteiger partial charge on any atom is -0.508 e. The van der Waals surface area contributed by atoms with Gasteiger partial charge in [-0.15, -0.1) is 0 Å². The molecule has 0 unspecified atom stereocenters. The fraction of sp³-hybridized carbons (Fsp3) is 0.389. The van der Waals surface area contributed by atoms with Crippen LogP contribution >= 0.6 is 0 Å². The van der Waals surface area contributed by atoms with Gasteiger partial charge in [0.1, 0.15) is 17.8 Å². The molecule has 0 heterocycles. The van der Waals surface area contributed by atoms with Gasteiger partial charge >= 0.3 is 11.9 Å². The number of amides is 3. The van der Waals surface area contributed by atoms with Crippen molar-refractivity contribution in [3.63, 3.8) is 0 Å². The Kier molecular flexibility index (Phi) is 9.23. The van der Waals surface area contributed by atoms with Crippen LogP contribution in [0.2, 0.25) is 0 Å². The van der Waals surface area contributed by atoms with Crippen LogP contribution in [0.1, 0.15) is 24.8 Å². The zero-order valence-corrected chi connectivity index (χ0v) is 15.9. The molecule has 0 aliphatic carbocycles. The Morgan fingerprint density at radius 1 is 0.933 bits per heavy atom. The molecule has 3 atom stereocenters. The Balaban J connectivity index is 2.84. The van der Waals surface area contributed by atoms with E-state index in [9.17, 15) is 29.1 Å². The van der Waals surface area contributed by atoms with Crippen LogP contribution < -0.4 is 22.1 Å². The summed E-state index contributed by atoms with van der Waals surface area (Å²) in [4.78, 5) is 57.7. The summed E-state index contributed by atoms with van der Waals surface area (Å²) < 4.78 is 0. The highest BCUT2D eigenvalue weighted by Crippen LogP contribution is 2.11. The number of hydrogen-bond donors (Lipinski definition) is 7. The fourth-order valence-corrected chi connectivity index (χ4v) is 2.46. The van der Waals surface area contributed by atoms with E-state index in [4.69, 9.17) is 21.7 Å². The molecule has 0 saturated carbocycles. The summed E-state index contributed by atoms with van der Waals surface area (Å²) in [6.45, 7) is 0. The lowest BCUT2D eigenvalue weighted by atomic mass is 10.0. The van der Waals surface area contributed by atoms with Crippen LogP contribution in [-0.4, -0.2) is 63.1 Å². The highest BCUT2D eigenvalue weighted by Gasteiger charge is 2.29. The molecular weight excluding hydrogens is 400 g/mol. The standard InChI is InChI=1S/C18H24N4O8/c19-11(7-9-1-3-10(23)4-2-9)16(27)21-12(5-6-14(20)24)17(28)22-13(18(29)30)8-15(25)26/h1-4,11-13,23H,5-8,19H2,(H2,20,24)(H,21,27)(H,22,28)(H,25,26)(H,29,30)/t11-,12-,13-/m0/s1. The first-order chi connectivity index (χ1) is 14.0. The summed E-state index contributed by atoms with van der Waals surface area (Å²) in [6.07, 6.45) is -1.33. The van der Waals surface area contributed by atoms with Crippen LogP contribution in [0.15, 0.2) is 24.3 Å². The molecule has 1 aromatic rings. The number of aromatic hydroxyl groups is 1. The Hall–Kier alpha value is -3.67. The number of carbonyl (C=O) groups excluding carboxylic acids is 3. The van der Waals surface area contributed by atoms with Crippen molar-refractivity contribution < 1.29 is 39.3 Å². The molecule has 0 fully saturated rings. The van der Waals surface area contributed by atoms with Crippen LogP contribution in [0.25, 0.3) is 0 Å². The topological polar surface area (TPSA) is 222 Å². The maximum absolute atomic E-state index is 12.4. The zero-order chi connectivity index (χ0) is 22.8. The highest BCUT2D eigenvalue weighted by molar-refractivity contribution is 5.93. The average Bonchev–Trinajstić information content (AvgIpc) is 2.65. The smallest absolute Gasteiger partial charge is 0.326 e. The average molecular weight is 424 g/mol. The number of phenols is 1. The zero-order valence-electron chi connectivity index (χ0n) is 15.9. The number of hydrogen-bond acceptors (Lipinski definition) is 7. The molecule has 0 saturated heterocycles. The SMILES string of the molecule is NC(=O)CC[C@H](NC(=O)[C@@H](N)Cc1ccc(O)cc1)C(=O)N[C@@H](CC(=O)O)C(=O)O. The molecule has 164 valence electrons. The van der Waals surface area contributed by atoms with Crippen LogP contribution in [0.3, 0.4) is 0 Å². The molecule has 30 heavy (non-hydrogen) atoms. The predicted molar refractivity (Wildman–Crippen MR) is 102 cm³/mol. The minimum absolute atomic E-state index is 0.0364. The molecule has 1 aromatic carbocycles. The second-order valence-electron chi connectivity index (χ2n) is 6.54. The van der Waals surface area contributed by atoms with Gasteiger partial charge in [-0.1, -0.05) is 12.1 Å². The summed E-state index contributed by atoms with van der Waals surface area (Å²) in [5.41, 5.74) is 11.5. The number of nitrogens with two attached hydrogens (primary N) is 2. The van der Waals surface area contributed by atoms with Gasteiger partial charge in [-0.05, 0) is 30.5 Å². The van der Waals surface area contributed by atoms with Gasteiger partial charge in [-0.2, -0.15) is 0 Å². The highest BCUT2D eigenvalue weighted by atomic mass is 16.4. The van der Waals surface area contributed by atoms with E-state index in [0.29, 0.717) is 5.56 Å². The molecule has 0 aliphatic heterocycles. The largest absolute Gasteiger partial charge is 0.508 e. The van der Waals surface area contributed by atoms with E-state index in [2.05, 4.69) is 5.32 Å². The van der Waals surface area contributed by atoms with E-state index in [1.165, 1.54) is 12.1 Å². The van der Waals surface area contributed by atoms with E-state index < -0.39 is 54.2 Å². The predicted octanol–water partition coefficient (Wildman–Crippen LogP) is -1.94.